The Kier molecular flexibility index (Phi) is 9.64. The van der Waals surface area contributed by atoms with Gasteiger partial charge in [0.2, 0.25) is 0 Å². The van der Waals surface area contributed by atoms with Crippen molar-refractivity contribution in [1.82, 2.24) is 4.98 Å². The van der Waals surface area contributed by atoms with Crippen LogP contribution in [0.15, 0.2) is 193 Å². The van der Waals surface area contributed by atoms with Crippen molar-refractivity contribution in [3.63, 3.8) is 0 Å². The summed E-state index contributed by atoms with van der Waals surface area (Å²) in [5.41, 5.74) is 13.6. The minimum Gasteiger partial charge on any atom is -0.453 e. The number of anilines is 6. The minimum absolute atomic E-state index is 0.840. The Morgan fingerprint density at radius 1 is 0.517 bits per heavy atom. The van der Waals surface area contributed by atoms with Crippen LogP contribution < -0.4 is 19.3 Å². The van der Waals surface area contributed by atoms with Crippen LogP contribution in [0.1, 0.15) is 23.6 Å². The maximum Gasteiger partial charge on any atom is 0.151 e. The first-order valence-corrected chi connectivity index (χ1v) is 20.8. The molecule has 0 unspecified atom stereocenters. The van der Waals surface area contributed by atoms with Gasteiger partial charge in [0.25, 0.3) is 0 Å². The normalized spacial score (nSPS) is 12.6. The first kappa shape index (κ1) is 36.8. The monoisotopic (exact) mass is 796 g/mol. The summed E-state index contributed by atoms with van der Waals surface area (Å²) in [5.74, 6) is 3.36. The van der Waals surface area contributed by atoms with Gasteiger partial charge in [0.1, 0.15) is 5.01 Å². The molecule has 0 atom stereocenters. The van der Waals surface area contributed by atoms with Crippen molar-refractivity contribution >= 4 is 67.1 Å². The molecule has 0 aliphatic carbocycles. The van der Waals surface area contributed by atoms with E-state index in [9.17, 15) is 0 Å². The molecule has 6 nitrogen and oxygen atoms in total. The van der Waals surface area contributed by atoms with E-state index in [0.717, 1.165) is 100 Å². The van der Waals surface area contributed by atoms with E-state index in [4.69, 9.17) is 19.5 Å². The molecule has 11 rings (SSSR count). The van der Waals surface area contributed by atoms with Gasteiger partial charge in [-0.25, -0.2) is 4.98 Å². The van der Waals surface area contributed by atoms with Gasteiger partial charge in [0.05, 0.1) is 38.7 Å². The molecule has 9 aromatic rings. The highest BCUT2D eigenvalue weighted by atomic mass is 32.1. The number of ether oxygens (including phenoxy) is 2. The molecule has 0 saturated heterocycles. The van der Waals surface area contributed by atoms with E-state index in [1.165, 1.54) is 5.56 Å². The van der Waals surface area contributed by atoms with Crippen molar-refractivity contribution in [3.05, 3.63) is 205 Å². The SMILES string of the molecule is CC(=Nc1cc2sc(-c3ccc(N4c5ccccc5Oc5ccccc54)cc3)nc2cc1C)c1ccc(N2c3ccccc3Oc3ccccc32)cc1.Cc1ccccc1. The van der Waals surface area contributed by atoms with Crippen LogP contribution in [0.2, 0.25) is 0 Å². The fourth-order valence-corrected chi connectivity index (χ4v) is 8.65. The molecule has 2 aliphatic rings. The van der Waals surface area contributed by atoms with Crippen molar-refractivity contribution in [1.29, 1.82) is 0 Å². The number of aryl methyl sites for hydroxylation is 2. The third-order valence-corrected chi connectivity index (χ3v) is 11.8. The molecule has 60 heavy (non-hydrogen) atoms. The third kappa shape index (κ3) is 7.05. The van der Waals surface area contributed by atoms with Gasteiger partial charge in [-0.15, -0.1) is 11.3 Å². The van der Waals surface area contributed by atoms with Crippen LogP contribution in [0.3, 0.4) is 0 Å². The topological polar surface area (TPSA) is 50.2 Å². The number of fused-ring (bicyclic) bond motifs is 5. The second kappa shape index (κ2) is 15.7. The molecular weight excluding hydrogens is 757 g/mol. The summed E-state index contributed by atoms with van der Waals surface area (Å²) in [6, 6.07) is 64.4. The molecule has 0 spiro atoms. The Balaban J connectivity index is 0.000000564. The van der Waals surface area contributed by atoms with E-state index in [1.54, 1.807) is 11.3 Å². The summed E-state index contributed by atoms with van der Waals surface area (Å²) in [7, 11) is 0. The number of aromatic nitrogens is 1. The molecule has 3 heterocycles. The lowest BCUT2D eigenvalue weighted by atomic mass is 10.1. The van der Waals surface area contributed by atoms with Crippen molar-refractivity contribution in [2.45, 2.75) is 20.8 Å². The average Bonchev–Trinajstić information content (AvgIpc) is 3.70. The predicted molar refractivity (Wildman–Crippen MR) is 249 cm³/mol. The number of rotatable bonds is 5. The number of aliphatic imine (C=N–C) groups is 1. The molecule has 0 N–H and O–H groups in total. The van der Waals surface area contributed by atoms with E-state index in [0.29, 0.717) is 0 Å². The van der Waals surface area contributed by atoms with Crippen LogP contribution in [-0.2, 0) is 0 Å². The number of para-hydroxylation sites is 8. The van der Waals surface area contributed by atoms with Crippen LogP contribution in [0.25, 0.3) is 20.8 Å². The molecule has 290 valence electrons. The van der Waals surface area contributed by atoms with Gasteiger partial charge in [-0.3, -0.25) is 4.99 Å². The van der Waals surface area contributed by atoms with Gasteiger partial charge in [-0.05, 0) is 129 Å². The van der Waals surface area contributed by atoms with Crippen LogP contribution in [0.4, 0.5) is 39.8 Å². The Labute approximate surface area is 353 Å². The Morgan fingerprint density at radius 3 is 1.43 bits per heavy atom. The van der Waals surface area contributed by atoms with Crippen LogP contribution in [0.5, 0.6) is 23.0 Å². The quantitative estimate of drug-likeness (QED) is 0.162. The molecule has 0 bridgehead atoms. The zero-order valence-electron chi connectivity index (χ0n) is 33.4. The van der Waals surface area contributed by atoms with Crippen molar-refractivity contribution < 1.29 is 9.47 Å². The maximum atomic E-state index is 6.21. The minimum atomic E-state index is 0.840. The zero-order valence-corrected chi connectivity index (χ0v) is 34.2. The van der Waals surface area contributed by atoms with E-state index >= 15 is 0 Å². The third-order valence-electron chi connectivity index (χ3n) is 10.7. The average molecular weight is 797 g/mol. The standard InChI is InChI=1S/C46H32N4O2S.C7H8/c1-29-27-36-45(53-46(48-36)32-21-25-34(26-22-32)50-39-13-5-9-17-43(39)52-44-18-10-6-14-40(44)50)28-35(29)47-30(2)31-19-23-33(24-20-31)49-37-11-3-7-15-41(37)51-42-16-8-4-12-38(42)49;1-7-5-3-2-4-6-7/h3-28H,1-2H3;2-6H,1H3. The number of benzene rings is 8. The molecule has 0 radical (unpaired) electrons. The first-order chi connectivity index (χ1) is 29.5. The van der Waals surface area contributed by atoms with E-state index < -0.39 is 0 Å². The summed E-state index contributed by atoms with van der Waals surface area (Å²) in [4.78, 5) is 14.7. The fourth-order valence-electron chi connectivity index (χ4n) is 7.66. The van der Waals surface area contributed by atoms with Gasteiger partial charge in [-0.1, -0.05) is 96.6 Å². The highest BCUT2D eigenvalue weighted by Crippen LogP contribution is 2.51. The van der Waals surface area contributed by atoms with Crippen LogP contribution >= 0.6 is 11.3 Å². The molecule has 1 aromatic heterocycles. The number of nitrogens with zero attached hydrogens (tertiary/aromatic N) is 4. The number of thiazole rings is 1. The Morgan fingerprint density at radius 2 is 0.967 bits per heavy atom. The summed E-state index contributed by atoms with van der Waals surface area (Å²) in [6.07, 6.45) is 0. The van der Waals surface area contributed by atoms with Crippen molar-refractivity contribution in [2.24, 2.45) is 4.99 Å². The van der Waals surface area contributed by atoms with Gasteiger partial charge < -0.3 is 19.3 Å². The lowest BCUT2D eigenvalue weighted by Crippen LogP contribution is -2.15. The molecule has 8 aromatic carbocycles. The van der Waals surface area contributed by atoms with Crippen LogP contribution in [-0.4, -0.2) is 10.7 Å². The Hall–Kier alpha value is -7.48. The lowest BCUT2D eigenvalue weighted by molar-refractivity contribution is 0.477. The van der Waals surface area contributed by atoms with E-state index in [1.807, 2.05) is 91.0 Å². The molecular formula is C53H40N4O2S. The van der Waals surface area contributed by atoms with Gasteiger partial charge in [0.15, 0.2) is 23.0 Å². The summed E-state index contributed by atoms with van der Waals surface area (Å²) in [6.45, 7) is 6.26. The van der Waals surface area contributed by atoms with Crippen molar-refractivity contribution in [2.75, 3.05) is 9.80 Å². The predicted octanol–water partition coefficient (Wildman–Crippen LogP) is 15.6. The van der Waals surface area contributed by atoms with Gasteiger partial charge >= 0.3 is 0 Å². The Bertz CT molecular complexity index is 2940. The molecule has 0 saturated carbocycles. The molecule has 2 aliphatic heterocycles. The second-order valence-electron chi connectivity index (χ2n) is 14.8. The van der Waals surface area contributed by atoms with Gasteiger partial charge in [0, 0.05) is 22.6 Å². The largest absolute Gasteiger partial charge is 0.453 e. The smallest absolute Gasteiger partial charge is 0.151 e. The summed E-state index contributed by atoms with van der Waals surface area (Å²) < 4.78 is 13.5. The first-order valence-electron chi connectivity index (χ1n) is 20.0. The summed E-state index contributed by atoms with van der Waals surface area (Å²) >= 11 is 1.69. The van der Waals surface area contributed by atoms with Gasteiger partial charge in [-0.2, -0.15) is 0 Å². The van der Waals surface area contributed by atoms with E-state index in [-0.39, 0.29) is 0 Å². The zero-order chi connectivity index (χ0) is 40.6. The van der Waals surface area contributed by atoms with Crippen LogP contribution in [0, 0.1) is 13.8 Å². The highest BCUT2D eigenvalue weighted by Gasteiger charge is 2.26. The number of hydrogen-bond donors (Lipinski definition) is 0. The number of hydrogen-bond acceptors (Lipinski definition) is 7. The molecule has 0 fully saturated rings. The molecule has 0 amide bonds. The van der Waals surface area contributed by atoms with E-state index in [2.05, 4.69) is 128 Å². The second-order valence-corrected chi connectivity index (χ2v) is 15.8. The molecule has 7 heteroatoms. The maximum absolute atomic E-state index is 6.21. The fraction of sp³-hybridized carbons (Fsp3) is 0.0566. The van der Waals surface area contributed by atoms with Crippen molar-refractivity contribution in [3.8, 4) is 33.6 Å². The summed E-state index contributed by atoms with van der Waals surface area (Å²) in [5, 5.41) is 0.980. The highest BCUT2D eigenvalue weighted by molar-refractivity contribution is 7.21. The lowest BCUT2D eigenvalue weighted by Gasteiger charge is -2.32.